The number of ether oxygens (including phenoxy) is 1. The number of carbonyl (C=O) groups is 2. The van der Waals surface area contributed by atoms with Crippen LogP contribution in [-0.2, 0) is 11.2 Å². The molecule has 0 spiro atoms. The molecule has 5 rings (SSSR count). The number of hydrogen-bond donors (Lipinski definition) is 2. The highest BCUT2D eigenvalue weighted by atomic mass is 19.1. The minimum atomic E-state index is -0.646. The number of hydrogen-bond acceptors (Lipinski definition) is 3. The first-order valence-corrected chi connectivity index (χ1v) is 10.7. The molecule has 3 aromatic carbocycles. The van der Waals surface area contributed by atoms with Crippen molar-refractivity contribution in [1.29, 1.82) is 0 Å². The maximum atomic E-state index is 15.0. The summed E-state index contributed by atoms with van der Waals surface area (Å²) >= 11 is 0. The van der Waals surface area contributed by atoms with E-state index in [-0.39, 0.29) is 11.4 Å². The minimum Gasteiger partial charge on any atom is -0.465 e. The fraction of sp³-hybridized carbons (Fsp3) is 0.154. The predicted octanol–water partition coefficient (Wildman–Crippen LogP) is 5.27. The molecule has 2 heterocycles. The third kappa shape index (κ3) is 3.61. The van der Waals surface area contributed by atoms with Gasteiger partial charge in [-0.3, -0.25) is 0 Å². The van der Waals surface area contributed by atoms with Crippen molar-refractivity contribution in [2.75, 3.05) is 19.0 Å². The number of para-hydroxylation sites is 2. The minimum absolute atomic E-state index is 0.249. The van der Waals surface area contributed by atoms with E-state index in [1.165, 1.54) is 13.2 Å². The molecule has 1 aliphatic heterocycles. The number of rotatable bonds is 3. The largest absolute Gasteiger partial charge is 0.465 e. The van der Waals surface area contributed by atoms with Gasteiger partial charge in [0.25, 0.3) is 0 Å². The third-order valence-electron chi connectivity index (χ3n) is 6.07. The molecule has 6 nitrogen and oxygen atoms in total. The Morgan fingerprint density at radius 2 is 1.76 bits per heavy atom. The summed E-state index contributed by atoms with van der Waals surface area (Å²) < 4.78 is 19.8. The normalized spacial score (nSPS) is 15.2. The van der Waals surface area contributed by atoms with Crippen LogP contribution in [0.2, 0.25) is 0 Å². The van der Waals surface area contributed by atoms with Crippen molar-refractivity contribution in [3.8, 4) is 0 Å². The molecule has 0 bridgehead atoms. The van der Waals surface area contributed by atoms with Gasteiger partial charge in [-0.25, -0.2) is 14.0 Å². The molecular formula is C26H22FN3O3. The van der Waals surface area contributed by atoms with E-state index in [0.29, 0.717) is 24.2 Å². The average Bonchev–Trinajstić information content (AvgIpc) is 3.22. The summed E-state index contributed by atoms with van der Waals surface area (Å²) in [4.78, 5) is 30.6. The first-order chi connectivity index (χ1) is 16.1. The van der Waals surface area contributed by atoms with Crippen LogP contribution in [0.25, 0.3) is 10.9 Å². The Morgan fingerprint density at radius 1 is 1.03 bits per heavy atom. The zero-order valence-corrected chi connectivity index (χ0v) is 18.0. The molecule has 4 aromatic rings. The predicted molar refractivity (Wildman–Crippen MR) is 124 cm³/mol. The molecule has 1 unspecified atom stereocenters. The number of fused-ring (bicyclic) bond motifs is 3. The maximum Gasteiger partial charge on any atom is 0.339 e. The molecular weight excluding hydrogens is 421 g/mol. The molecule has 0 saturated carbocycles. The van der Waals surface area contributed by atoms with Gasteiger partial charge < -0.3 is 19.9 Å². The Balaban J connectivity index is 1.58. The summed E-state index contributed by atoms with van der Waals surface area (Å²) in [6, 6.07) is 20.0. The van der Waals surface area contributed by atoms with E-state index in [9.17, 15) is 14.0 Å². The average molecular weight is 443 g/mol. The third-order valence-corrected chi connectivity index (χ3v) is 6.07. The van der Waals surface area contributed by atoms with Crippen molar-refractivity contribution >= 4 is 28.6 Å². The van der Waals surface area contributed by atoms with Gasteiger partial charge in [0.2, 0.25) is 0 Å². The van der Waals surface area contributed by atoms with E-state index in [1.807, 2.05) is 24.3 Å². The monoisotopic (exact) mass is 443 g/mol. The van der Waals surface area contributed by atoms with Gasteiger partial charge >= 0.3 is 12.0 Å². The van der Waals surface area contributed by atoms with Crippen LogP contribution in [0.4, 0.5) is 14.9 Å². The van der Waals surface area contributed by atoms with Gasteiger partial charge in [-0.1, -0.05) is 48.5 Å². The second-order valence-electron chi connectivity index (χ2n) is 7.90. The zero-order chi connectivity index (χ0) is 22.9. The number of esters is 1. The van der Waals surface area contributed by atoms with Crippen molar-refractivity contribution in [3.05, 3.63) is 101 Å². The Morgan fingerprint density at radius 3 is 2.58 bits per heavy atom. The van der Waals surface area contributed by atoms with Crippen molar-refractivity contribution in [1.82, 2.24) is 9.88 Å². The number of urea groups is 1. The number of carbonyl (C=O) groups excluding carboxylic acids is 2. The molecule has 2 N–H and O–H groups in total. The van der Waals surface area contributed by atoms with E-state index < -0.39 is 18.0 Å². The van der Waals surface area contributed by atoms with Gasteiger partial charge in [-0.05, 0) is 36.2 Å². The van der Waals surface area contributed by atoms with Crippen LogP contribution in [0, 0.1) is 5.82 Å². The Hall–Kier alpha value is -4.13. The number of H-pyrrole nitrogens is 1. The molecule has 0 fully saturated rings. The van der Waals surface area contributed by atoms with Gasteiger partial charge in [-0.15, -0.1) is 0 Å². The van der Waals surface area contributed by atoms with Crippen molar-refractivity contribution in [2.45, 2.75) is 12.5 Å². The lowest BCUT2D eigenvalue weighted by molar-refractivity contribution is 0.0602. The van der Waals surface area contributed by atoms with Crippen LogP contribution in [0.1, 0.15) is 33.2 Å². The topological polar surface area (TPSA) is 74.4 Å². The number of benzene rings is 3. The molecule has 7 heteroatoms. The van der Waals surface area contributed by atoms with Gasteiger partial charge in [-0.2, -0.15) is 0 Å². The Kier molecular flexibility index (Phi) is 5.30. The number of aromatic nitrogens is 1. The van der Waals surface area contributed by atoms with Crippen LogP contribution in [-0.4, -0.2) is 35.5 Å². The Bertz CT molecular complexity index is 1360. The summed E-state index contributed by atoms with van der Waals surface area (Å²) in [7, 11) is 1.29. The standard InChI is InChI=1S/C26H22FN3O3/c1-33-25(31)19-10-4-7-13-22(19)29-26(32)30-15-14-17-16-8-3-6-12-21(16)28-23(17)24(30)18-9-2-5-11-20(18)27/h2-13,24,28H,14-15H2,1H3,(H,29,32). The van der Waals surface area contributed by atoms with Crippen LogP contribution in [0.3, 0.4) is 0 Å². The van der Waals surface area contributed by atoms with Crippen molar-refractivity contribution < 1.29 is 18.7 Å². The number of anilines is 1. The highest BCUT2D eigenvalue weighted by Crippen LogP contribution is 2.39. The zero-order valence-electron chi connectivity index (χ0n) is 18.0. The van der Waals surface area contributed by atoms with Crippen LogP contribution < -0.4 is 5.32 Å². The first-order valence-electron chi connectivity index (χ1n) is 10.7. The molecule has 33 heavy (non-hydrogen) atoms. The highest BCUT2D eigenvalue weighted by molar-refractivity contribution is 6.01. The fourth-order valence-electron chi connectivity index (χ4n) is 4.55. The molecule has 0 radical (unpaired) electrons. The Labute approximate surface area is 190 Å². The lowest BCUT2D eigenvalue weighted by Crippen LogP contribution is -2.43. The molecule has 2 amide bonds. The van der Waals surface area contributed by atoms with E-state index in [4.69, 9.17) is 4.74 Å². The second kappa shape index (κ2) is 8.43. The van der Waals surface area contributed by atoms with E-state index in [2.05, 4.69) is 10.3 Å². The van der Waals surface area contributed by atoms with E-state index >= 15 is 0 Å². The lowest BCUT2D eigenvalue weighted by Gasteiger charge is -2.36. The molecule has 0 saturated heterocycles. The van der Waals surface area contributed by atoms with Crippen molar-refractivity contribution in [2.24, 2.45) is 0 Å². The highest BCUT2D eigenvalue weighted by Gasteiger charge is 2.36. The van der Waals surface area contributed by atoms with Crippen LogP contribution in [0.15, 0.2) is 72.8 Å². The van der Waals surface area contributed by atoms with Crippen molar-refractivity contribution in [3.63, 3.8) is 0 Å². The van der Waals surface area contributed by atoms with Gasteiger partial charge in [0.1, 0.15) is 11.9 Å². The molecule has 166 valence electrons. The number of aromatic amines is 1. The van der Waals surface area contributed by atoms with Crippen LogP contribution in [0.5, 0.6) is 0 Å². The molecule has 0 aliphatic carbocycles. The van der Waals surface area contributed by atoms with E-state index in [1.54, 1.807) is 47.4 Å². The summed E-state index contributed by atoms with van der Waals surface area (Å²) in [5.74, 6) is -0.935. The van der Waals surface area contributed by atoms with E-state index in [0.717, 1.165) is 22.2 Å². The first kappa shape index (κ1) is 20.8. The van der Waals surface area contributed by atoms with Gasteiger partial charge in [0, 0.05) is 28.7 Å². The fourth-order valence-corrected chi connectivity index (χ4v) is 4.55. The van der Waals surface area contributed by atoms with Crippen LogP contribution >= 0.6 is 0 Å². The SMILES string of the molecule is COC(=O)c1ccccc1NC(=O)N1CCc2c([nH]c3ccccc23)C1c1ccccc1F. The number of amides is 2. The number of nitrogens with zero attached hydrogens (tertiary/aromatic N) is 1. The summed E-state index contributed by atoms with van der Waals surface area (Å²) in [6.07, 6.45) is 0.621. The van der Waals surface area contributed by atoms with Gasteiger partial charge in [0.15, 0.2) is 0 Å². The second-order valence-corrected chi connectivity index (χ2v) is 7.90. The molecule has 1 atom stereocenters. The number of halogens is 1. The van der Waals surface area contributed by atoms with Gasteiger partial charge in [0.05, 0.1) is 18.4 Å². The lowest BCUT2D eigenvalue weighted by atomic mass is 9.92. The molecule has 1 aromatic heterocycles. The molecule has 1 aliphatic rings. The maximum absolute atomic E-state index is 15.0. The smallest absolute Gasteiger partial charge is 0.339 e. The summed E-state index contributed by atoms with van der Waals surface area (Å²) in [5.41, 5.74) is 3.81. The number of nitrogens with one attached hydrogen (secondary N) is 2. The summed E-state index contributed by atoms with van der Waals surface area (Å²) in [5, 5.41) is 3.90. The quantitative estimate of drug-likeness (QED) is 0.424. The summed E-state index contributed by atoms with van der Waals surface area (Å²) in [6.45, 7) is 0.389. The number of methoxy groups -OCH3 is 1.